The Morgan fingerprint density at radius 1 is 1.02 bits per heavy atom. The van der Waals surface area contributed by atoms with Crippen LogP contribution >= 0.6 is 0 Å². The van der Waals surface area contributed by atoms with Crippen LogP contribution in [0.2, 0.25) is 0 Å². The maximum Gasteiger partial charge on any atom is 0.226 e. The zero-order chi connectivity index (χ0) is 33.4. The van der Waals surface area contributed by atoms with Gasteiger partial charge in [-0.1, -0.05) is 19.1 Å². The maximum absolute atomic E-state index is 15.1. The Morgan fingerprint density at radius 3 is 2.22 bits per heavy atom. The van der Waals surface area contributed by atoms with Crippen LogP contribution < -0.4 is 9.64 Å². The van der Waals surface area contributed by atoms with Crippen molar-refractivity contribution >= 4 is 11.7 Å². The van der Waals surface area contributed by atoms with Crippen LogP contribution in [0.25, 0.3) is 0 Å². The SMILES string of the molecule is CCOC(CN(Cc1ccc(F)c(N2CC(N3CCC(N(C)C)CC3)C2)n1)C(=O)[C@@H](C)Cc1ccc(OC(C)(C)C)cc1)OCC. The molecule has 1 aromatic heterocycles. The second kappa shape index (κ2) is 16.4. The number of anilines is 1. The van der Waals surface area contributed by atoms with Gasteiger partial charge in [0.15, 0.2) is 17.9 Å². The molecule has 2 fully saturated rings. The number of ether oxygens (including phenoxy) is 3. The van der Waals surface area contributed by atoms with Crippen LogP contribution in [0.4, 0.5) is 10.2 Å². The highest BCUT2D eigenvalue weighted by Gasteiger charge is 2.36. The summed E-state index contributed by atoms with van der Waals surface area (Å²) in [5, 5.41) is 0. The van der Waals surface area contributed by atoms with Gasteiger partial charge in [-0.3, -0.25) is 9.69 Å². The summed E-state index contributed by atoms with van der Waals surface area (Å²) in [5.41, 5.74) is 1.41. The van der Waals surface area contributed by atoms with Crippen LogP contribution in [-0.4, -0.2) is 110 Å². The van der Waals surface area contributed by atoms with Gasteiger partial charge in [-0.15, -0.1) is 0 Å². The van der Waals surface area contributed by atoms with Crippen LogP contribution in [0.3, 0.4) is 0 Å². The fraction of sp³-hybridized carbons (Fsp3) is 0.667. The maximum atomic E-state index is 15.1. The highest BCUT2D eigenvalue weighted by molar-refractivity contribution is 5.78. The lowest BCUT2D eigenvalue weighted by Gasteiger charge is -2.48. The molecule has 0 unspecified atom stereocenters. The number of likely N-dealkylation sites (tertiary alicyclic amines) is 1. The van der Waals surface area contributed by atoms with Gasteiger partial charge in [0, 0.05) is 57.4 Å². The molecule has 0 radical (unpaired) electrons. The highest BCUT2D eigenvalue weighted by Crippen LogP contribution is 2.28. The van der Waals surface area contributed by atoms with Crippen LogP contribution in [-0.2, 0) is 27.2 Å². The number of hydrogen-bond donors (Lipinski definition) is 0. The summed E-state index contributed by atoms with van der Waals surface area (Å²) in [7, 11) is 4.30. The number of rotatable bonds is 15. The van der Waals surface area contributed by atoms with E-state index in [9.17, 15) is 4.79 Å². The molecule has 1 aromatic carbocycles. The summed E-state index contributed by atoms with van der Waals surface area (Å²) < 4.78 is 32.7. The largest absolute Gasteiger partial charge is 0.488 e. The van der Waals surface area contributed by atoms with Crippen molar-refractivity contribution in [3.63, 3.8) is 0 Å². The second-order valence-corrected chi connectivity index (χ2v) is 13.9. The van der Waals surface area contributed by atoms with Gasteiger partial charge < -0.3 is 28.9 Å². The fourth-order valence-corrected chi connectivity index (χ4v) is 6.34. The summed E-state index contributed by atoms with van der Waals surface area (Å²) in [6.45, 7) is 16.9. The average Bonchev–Trinajstić information content (AvgIpc) is 2.98. The van der Waals surface area contributed by atoms with Gasteiger partial charge in [0.1, 0.15) is 11.4 Å². The third-order valence-electron chi connectivity index (χ3n) is 8.84. The van der Waals surface area contributed by atoms with Crippen LogP contribution in [0.5, 0.6) is 5.75 Å². The normalized spacial score (nSPS) is 17.4. The minimum absolute atomic E-state index is 0.0303. The number of carbonyl (C=O) groups is 1. The molecule has 3 heterocycles. The molecule has 0 saturated carbocycles. The van der Waals surface area contributed by atoms with Crippen molar-refractivity contribution in [1.82, 2.24) is 19.7 Å². The smallest absolute Gasteiger partial charge is 0.226 e. The van der Waals surface area contributed by atoms with Gasteiger partial charge >= 0.3 is 0 Å². The van der Waals surface area contributed by atoms with Crippen LogP contribution in [0, 0.1) is 11.7 Å². The molecule has 1 atom stereocenters. The molecule has 0 N–H and O–H groups in total. The number of hydrogen-bond acceptors (Lipinski definition) is 8. The van der Waals surface area contributed by atoms with Crippen molar-refractivity contribution in [2.24, 2.45) is 5.92 Å². The molecule has 2 saturated heterocycles. The van der Waals surface area contributed by atoms with Gasteiger partial charge in [0.25, 0.3) is 0 Å². The predicted octanol–water partition coefficient (Wildman–Crippen LogP) is 5.22. The molecule has 46 heavy (non-hydrogen) atoms. The molecule has 0 bridgehead atoms. The number of amides is 1. The van der Waals surface area contributed by atoms with E-state index in [1.54, 1.807) is 11.0 Å². The molecule has 10 heteroatoms. The van der Waals surface area contributed by atoms with Gasteiger partial charge in [0.2, 0.25) is 5.91 Å². The molecule has 9 nitrogen and oxygen atoms in total. The van der Waals surface area contributed by atoms with Gasteiger partial charge in [-0.05, 0) is 97.8 Å². The first-order valence-electron chi connectivity index (χ1n) is 17.0. The lowest BCUT2D eigenvalue weighted by molar-refractivity contribution is -0.161. The standard InChI is InChI=1S/C36H56FN5O4/c1-9-44-33(45-10-2)25-42(35(43)26(3)21-27-11-14-31(15-12-27)46-36(4,5)6)22-28-13-16-32(37)34(38-28)41-23-30(24-41)40-19-17-29(18-20-40)39(7)8/h11-16,26,29-30,33H,9-10,17-25H2,1-8H3/t26-/m0/s1. The number of pyridine rings is 1. The minimum atomic E-state index is -0.562. The Hall–Kier alpha value is -2.79. The first-order chi connectivity index (χ1) is 21.9. The number of carbonyl (C=O) groups excluding carboxylic acids is 1. The summed E-state index contributed by atoms with van der Waals surface area (Å²) >= 11 is 0. The van der Waals surface area contributed by atoms with Gasteiger partial charge in [0.05, 0.1) is 18.8 Å². The molecule has 1 amide bonds. The first-order valence-corrected chi connectivity index (χ1v) is 17.0. The Labute approximate surface area is 276 Å². The van der Waals surface area contributed by atoms with E-state index in [-0.39, 0.29) is 36.3 Å². The van der Waals surface area contributed by atoms with E-state index in [0.29, 0.717) is 43.2 Å². The molecule has 2 aromatic rings. The van der Waals surface area contributed by atoms with Crippen molar-refractivity contribution in [2.75, 3.05) is 64.9 Å². The summed E-state index contributed by atoms with van der Waals surface area (Å²) in [4.78, 5) is 27.3. The zero-order valence-electron chi connectivity index (χ0n) is 29.3. The van der Waals surface area contributed by atoms with Crippen molar-refractivity contribution in [1.29, 1.82) is 0 Å². The van der Waals surface area contributed by atoms with Gasteiger partial charge in [-0.25, -0.2) is 9.37 Å². The predicted molar refractivity (Wildman–Crippen MR) is 181 cm³/mol. The number of halogens is 1. The third kappa shape index (κ3) is 10.1. The monoisotopic (exact) mass is 641 g/mol. The van der Waals surface area contributed by atoms with E-state index in [2.05, 4.69) is 23.9 Å². The van der Waals surface area contributed by atoms with Crippen molar-refractivity contribution < 1.29 is 23.4 Å². The molecule has 0 spiro atoms. The van der Waals surface area contributed by atoms with E-state index in [1.165, 1.54) is 6.07 Å². The van der Waals surface area contributed by atoms with Crippen LogP contribution in [0.1, 0.15) is 65.6 Å². The van der Waals surface area contributed by atoms with Crippen molar-refractivity contribution in [3.05, 3.63) is 53.5 Å². The molecular weight excluding hydrogens is 585 g/mol. The zero-order valence-corrected chi connectivity index (χ0v) is 29.3. The first kappa shape index (κ1) is 36.1. The Bertz CT molecular complexity index is 1230. The third-order valence-corrected chi connectivity index (χ3v) is 8.84. The molecule has 4 rings (SSSR count). The van der Waals surface area contributed by atoms with Crippen molar-refractivity contribution in [3.8, 4) is 5.75 Å². The van der Waals surface area contributed by atoms with E-state index in [0.717, 1.165) is 50.3 Å². The van der Waals surface area contributed by atoms with Crippen LogP contribution in [0.15, 0.2) is 36.4 Å². The minimum Gasteiger partial charge on any atom is -0.488 e. The Balaban J connectivity index is 1.43. The molecular formula is C36H56FN5O4. The number of nitrogens with zero attached hydrogens (tertiary/aromatic N) is 5. The molecule has 2 aliphatic heterocycles. The Morgan fingerprint density at radius 2 is 1.65 bits per heavy atom. The molecule has 0 aliphatic carbocycles. The number of aromatic nitrogens is 1. The van der Waals surface area contributed by atoms with E-state index < -0.39 is 6.29 Å². The van der Waals surface area contributed by atoms with E-state index >= 15 is 4.39 Å². The number of benzene rings is 1. The number of piperidine rings is 1. The van der Waals surface area contributed by atoms with Crippen molar-refractivity contribution in [2.45, 2.75) is 91.3 Å². The van der Waals surface area contributed by atoms with E-state index in [1.807, 2.05) is 70.7 Å². The lowest BCUT2D eigenvalue weighted by atomic mass is 9.99. The quantitative estimate of drug-likeness (QED) is 0.246. The summed E-state index contributed by atoms with van der Waals surface area (Å²) in [5.74, 6) is 0.498. The molecule has 256 valence electrons. The Kier molecular flexibility index (Phi) is 12.8. The topological polar surface area (TPSA) is 70.6 Å². The summed E-state index contributed by atoms with van der Waals surface area (Å²) in [6, 6.07) is 12.1. The van der Waals surface area contributed by atoms with E-state index in [4.69, 9.17) is 19.2 Å². The average molecular weight is 642 g/mol. The highest BCUT2D eigenvalue weighted by atomic mass is 19.1. The fourth-order valence-electron chi connectivity index (χ4n) is 6.34. The summed E-state index contributed by atoms with van der Waals surface area (Å²) in [6.07, 6.45) is 2.33. The lowest BCUT2D eigenvalue weighted by Crippen LogP contribution is -2.62. The van der Waals surface area contributed by atoms with Gasteiger partial charge in [-0.2, -0.15) is 0 Å². The second-order valence-electron chi connectivity index (χ2n) is 13.9. The molecule has 2 aliphatic rings.